The summed E-state index contributed by atoms with van der Waals surface area (Å²) in [6.07, 6.45) is 1.60. The monoisotopic (exact) mass is 590 g/mol. The predicted octanol–water partition coefficient (Wildman–Crippen LogP) is 7.00. The Morgan fingerprint density at radius 1 is 0.974 bits per heavy atom. The molecule has 4 aromatic rings. The maximum atomic E-state index is 13.0. The van der Waals surface area contributed by atoms with Gasteiger partial charge in [0.15, 0.2) is 0 Å². The Morgan fingerprint density at radius 2 is 1.74 bits per heavy atom. The van der Waals surface area contributed by atoms with E-state index in [4.69, 9.17) is 4.74 Å². The Bertz CT molecular complexity index is 1590. The Morgan fingerprint density at radius 3 is 2.50 bits per heavy atom. The molecular weight excluding hydrogens is 571 g/mol. The summed E-state index contributed by atoms with van der Waals surface area (Å²) >= 11 is 4.29. The van der Waals surface area contributed by atoms with Crippen LogP contribution in [0.25, 0.3) is 16.8 Å². The SMILES string of the molecule is O=C(CN1C(=O)S/C(=C\c2ccc(OCc3ccc4ccccc4c3)c(Br)c2)C1=O)Nc1ccc(F)cc1. The van der Waals surface area contributed by atoms with E-state index in [1.807, 2.05) is 18.2 Å². The molecule has 1 aliphatic heterocycles. The fourth-order valence-electron chi connectivity index (χ4n) is 3.88. The van der Waals surface area contributed by atoms with Crippen molar-refractivity contribution >= 4 is 67.3 Å². The first kappa shape index (κ1) is 25.7. The van der Waals surface area contributed by atoms with E-state index in [9.17, 15) is 18.8 Å². The van der Waals surface area contributed by atoms with Crippen molar-refractivity contribution in [1.82, 2.24) is 4.90 Å². The van der Waals surface area contributed by atoms with Crippen molar-refractivity contribution in [2.24, 2.45) is 0 Å². The van der Waals surface area contributed by atoms with Gasteiger partial charge in [-0.1, -0.05) is 42.5 Å². The Hall–Kier alpha value is -3.95. The zero-order valence-corrected chi connectivity index (χ0v) is 22.2. The molecule has 38 heavy (non-hydrogen) atoms. The molecule has 1 aliphatic rings. The summed E-state index contributed by atoms with van der Waals surface area (Å²) in [5, 5.41) is 4.32. The van der Waals surface area contributed by atoms with Crippen LogP contribution < -0.4 is 10.1 Å². The molecule has 5 rings (SSSR count). The molecule has 0 atom stereocenters. The second kappa shape index (κ2) is 11.2. The molecule has 0 saturated carbocycles. The molecular formula is C29H20BrFN2O4S. The second-order valence-electron chi connectivity index (χ2n) is 8.48. The van der Waals surface area contributed by atoms with Gasteiger partial charge >= 0.3 is 0 Å². The highest BCUT2D eigenvalue weighted by molar-refractivity contribution is 9.10. The van der Waals surface area contributed by atoms with Crippen molar-refractivity contribution in [3.8, 4) is 5.75 Å². The summed E-state index contributed by atoms with van der Waals surface area (Å²) < 4.78 is 19.7. The number of nitrogens with one attached hydrogen (secondary N) is 1. The molecule has 0 unspecified atom stereocenters. The van der Waals surface area contributed by atoms with Crippen molar-refractivity contribution in [2.45, 2.75) is 6.61 Å². The van der Waals surface area contributed by atoms with Crippen LogP contribution in [-0.2, 0) is 16.2 Å². The molecule has 6 nitrogen and oxygen atoms in total. The summed E-state index contributed by atoms with van der Waals surface area (Å²) in [5.74, 6) is -0.908. The number of fused-ring (bicyclic) bond motifs is 1. The van der Waals surface area contributed by atoms with Crippen LogP contribution in [0.1, 0.15) is 11.1 Å². The minimum atomic E-state index is -0.559. The van der Waals surface area contributed by atoms with Crippen molar-refractivity contribution in [1.29, 1.82) is 0 Å². The summed E-state index contributed by atoms with van der Waals surface area (Å²) in [4.78, 5) is 38.6. The number of hydrogen-bond donors (Lipinski definition) is 1. The summed E-state index contributed by atoms with van der Waals surface area (Å²) in [6.45, 7) is -0.0493. The number of rotatable bonds is 7. The van der Waals surface area contributed by atoms with E-state index in [1.54, 1.807) is 24.3 Å². The molecule has 1 saturated heterocycles. The van der Waals surface area contributed by atoms with Gasteiger partial charge in [0, 0.05) is 5.69 Å². The van der Waals surface area contributed by atoms with Gasteiger partial charge in [0.25, 0.3) is 11.1 Å². The molecule has 0 radical (unpaired) electrons. The van der Waals surface area contributed by atoms with Crippen LogP contribution >= 0.6 is 27.7 Å². The zero-order chi connectivity index (χ0) is 26.6. The second-order valence-corrected chi connectivity index (χ2v) is 10.3. The predicted molar refractivity (Wildman–Crippen MR) is 150 cm³/mol. The first-order chi connectivity index (χ1) is 18.4. The van der Waals surface area contributed by atoms with E-state index >= 15 is 0 Å². The smallest absolute Gasteiger partial charge is 0.294 e. The Kier molecular flexibility index (Phi) is 7.57. The van der Waals surface area contributed by atoms with Gasteiger partial charge in [-0.25, -0.2) is 4.39 Å². The van der Waals surface area contributed by atoms with Gasteiger partial charge < -0.3 is 10.1 Å². The van der Waals surface area contributed by atoms with Gasteiger partial charge in [0.2, 0.25) is 5.91 Å². The number of halogens is 2. The number of imide groups is 1. The van der Waals surface area contributed by atoms with Crippen molar-refractivity contribution < 1.29 is 23.5 Å². The van der Waals surface area contributed by atoms with Crippen molar-refractivity contribution in [3.05, 3.63) is 111 Å². The summed E-state index contributed by atoms with van der Waals surface area (Å²) in [5.41, 5.74) is 2.10. The van der Waals surface area contributed by atoms with Gasteiger partial charge in [0.05, 0.1) is 9.38 Å². The molecule has 1 fully saturated rings. The lowest BCUT2D eigenvalue weighted by Crippen LogP contribution is -2.36. The van der Waals surface area contributed by atoms with E-state index in [2.05, 4.69) is 45.5 Å². The largest absolute Gasteiger partial charge is 0.488 e. The molecule has 0 spiro atoms. The van der Waals surface area contributed by atoms with E-state index < -0.39 is 29.4 Å². The minimum absolute atomic E-state index is 0.210. The van der Waals surface area contributed by atoms with Crippen LogP contribution in [0.4, 0.5) is 14.9 Å². The quantitative estimate of drug-likeness (QED) is 0.235. The summed E-state index contributed by atoms with van der Waals surface area (Å²) in [6, 6.07) is 24.9. The maximum Gasteiger partial charge on any atom is 0.294 e. The Labute approximate surface area is 230 Å². The zero-order valence-electron chi connectivity index (χ0n) is 19.8. The molecule has 0 aromatic heterocycles. The maximum absolute atomic E-state index is 13.0. The van der Waals surface area contributed by atoms with Crippen molar-refractivity contribution in [2.75, 3.05) is 11.9 Å². The lowest BCUT2D eigenvalue weighted by molar-refractivity contribution is -0.127. The van der Waals surface area contributed by atoms with Crippen LogP contribution in [0.15, 0.2) is 94.3 Å². The molecule has 4 aromatic carbocycles. The number of hydrogen-bond acceptors (Lipinski definition) is 5. The van der Waals surface area contributed by atoms with E-state index in [0.717, 1.165) is 27.6 Å². The van der Waals surface area contributed by atoms with Gasteiger partial charge in [-0.15, -0.1) is 0 Å². The Balaban J connectivity index is 1.22. The fraction of sp³-hybridized carbons (Fsp3) is 0.0690. The number of ether oxygens (including phenoxy) is 1. The number of thioether (sulfide) groups is 1. The molecule has 1 heterocycles. The molecule has 0 bridgehead atoms. The lowest BCUT2D eigenvalue weighted by Gasteiger charge is -2.12. The van der Waals surface area contributed by atoms with Crippen molar-refractivity contribution in [3.63, 3.8) is 0 Å². The summed E-state index contributed by atoms with van der Waals surface area (Å²) in [7, 11) is 0. The third kappa shape index (κ3) is 5.95. The molecule has 9 heteroatoms. The number of benzene rings is 4. The third-order valence-electron chi connectivity index (χ3n) is 5.77. The van der Waals surface area contributed by atoms with Gasteiger partial charge in [0.1, 0.15) is 24.7 Å². The van der Waals surface area contributed by atoms with Crippen LogP contribution in [0.3, 0.4) is 0 Å². The topological polar surface area (TPSA) is 75.7 Å². The number of amides is 3. The fourth-order valence-corrected chi connectivity index (χ4v) is 5.23. The first-order valence-electron chi connectivity index (χ1n) is 11.6. The number of carbonyl (C=O) groups excluding carboxylic acids is 3. The van der Waals surface area contributed by atoms with Gasteiger partial charge in [-0.05, 0) is 98.1 Å². The minimum Gasteiger partial charge on any atom is -0.488 e. The average molecular weight is 591 g/mol. The highest BCUT2D eigenvalue weighted by atomic mass is 79.9. The molecule has 1 N–H and O–H groups in total. The van der Waals surface area contributed by atoms with Gasteiger partial charge in [-0.3, -0.25) is 19.3 Å². The van der Waals surface area contributed by atoms with Crippen LogP contribution in [0, 0.1) is 5.82 Å². The normalized spacial score (nSPS) is 14.4. The highest BCUT2D eigenvalue weighted by Gasteiger charge is 2.36. The first-order valence-corrected chi connectivity index (χ1v) is 13.2. The molecule has 0 aliphatic carbocycles. The lowest BCUT2D eigenvalue weighted by atomic mass is 10.1. The van der Waals surface area contributed by atoms with Crippen LogP contribution in [0.2, 0.25) is 0 Å². The molecule has 3 amide bonds. The third-order valence-corrected chi connectivity index (χ3v) is 7.29. The number of nitrogens with zero attached hydrogens (tertiary/aromatic N) is 1. The average Bonchev–Trinajstić information content (AvgIpc) is 3.16. The highest BCUT2D eigenvalue weighted by Crippen LogP contribution is 2.34. The standard InChI is InChI=1S/C29H20BrFN2O4S/c30-24-14-18(6-12-25(24)37-17-19-5-7-20-3-1-2-4-21(20)13-19)15-26-28(35)33(29(36)38-26)16-27(34)32-23-10-8-22(31)9-11-23/h1-15H,16-17H2,(H,32,34)/b26-15-. The molecule has 190 valence electrons. The number of carbonyl (C=O) groups is 3. The van der Waals surface area contributed by atoms with E-state index in [0.29, 0.717) is 28.1 Å². The van der Waals surface area contributed by atoms with Crippen LogP contribution in [-0.4, -0.2) is 28.5 Å². The van der Waals surface area contributed by atoms with E-state index in [1.165, 1.54) is 29.7 Å². The van der Waals surface area contributed by atoms with E-state index in [-0.39, 0.29) is 4.91 Å². The number of anilines is 1. The van der Waals surface area contributed by atoms with Gasteiger partial charge in [-0.2, -0.15) is 0 Å². The van der Waals surface area contributed by atoms with Crippen LogP contribution in [0.5, 0.6) is 5.75 Å².